The monoisotopic (exact) mass is 285 g/mol. The van der Waals surface area contributed by atoms with E-state index in [-0.39, 0.29) is 0 Å². The van der Waals surface area contributed by atoms with E-state index >= 15 is 0 Å². The molecule has 0 fully saturated rings. The second-order valence-corrected chi connectivity index (χ2v) is 6.10. The Labute approximate surface area is 127 Å². The number of aliphatic hydroxyl groups is 1. The van der Waals surface area contributed by atoms with Gasteiger partial charge in [0.25, 0.3) is 0 Å². The lowest BCUT2D eigenvalue weighted by molar-refractivity contribution is 0.190. The molecule has 0 aromatic carbocycles. The van der Waals surface area contributed by atoms with Gasteiger partial charge in [-0.1, -0.05) is 78.1 Å². The molecule has 0 saturated carbocycles. The molecule has 2 nitrogen and oxygen atoms in total. The highest BCUT2D eigenvalue weighted by Gasteiger charge is 2.03. The van der Waals surface area contributed by atoms with Crippen molar-refractivity contribution in [2.24, 2.45) is 0 Å². The van der Waals surface area contributed by atoms with Crippen molar-refractivity contribution < 1.29 is 5.11 Å². The first-order valence-corrected chi connectivity index (χ1v) is 9.18. The van der Waals surface area contributed by atoms with E-state index < -0.39 is 0 Å². The average Bonchev–Trinajstić information content (AvgIpc) is 2.46. The van der Waals surface area contributed by atoms with Gasteiger partial charge >= 0.3 is 0 Å². The van der Waals surface area contributed by atoms with Crippen LogP contribution in [0, 0.1) is 0 Å². The molecule has 20 heavy (non-hydrogen) atoms. The van der Waals surface area contributed by atoms with Gasteiger partial charge in [0, 0.05) is 6.54 Å². The summed E-state index contributed by atoms with van der Waals surface area (Å²) in [7, 11) is 0. The van der Waals surface area contributed by atoms with Crippen molar-refractivity contribution in [1.82, 2.24) is 4.90 Å². The predicted molar refractivity (Wildman–Crippen MR) is 90.3 cm³/mol. The highest BCUT2D eigenvalue weighted by molar-refractivity contribution is 4.58. The maximum Gasteiger partial charge on any atom is 0.0558 e. The lowest BCUT2D eigenvalue weighted by atomic mass is 10.1. The zero-order chi connectivity index (χ0) is 14.9. The number of unbranched alkanes of at least 4 members (excludes halogenated alkanes) is 10. The van der Waals surface area contributed by atoms with E-state index in [0.29, 0.717) is 6.61 Å². The van der Waals surface area contributed by atoms with Gasteiger partial charge < -0.3 is 10.0 Å². The van der Waals surface area contributed by atoms with Crippen molar-refractivity contribution in [2.45, 2.75) is 90.9 Å². The molecule has 0 heterocycles. The molecule has 0 aromatic rings. The van der Waals surface area contributed by atoms with Crippen LogP contribution in [0.25, 0.3) is 0 Å². The molecule has 1 N–H and O–H groups in total. The molecule has 0 spiro atoms. The van der Waals surface area contributed by atoms with Crippen molar-refractivity contribution in [2.75, 3.05) is 26.2 Å². The van der Waals surface area contributed by atoms with E-state index in [0.717, 1.165) is 6.54 Å². The molecule has 0 aromatic heterocycles. The quantitative estimate of drug-likeness (QED) is 0.403. The lowest BCUT2D eigenvalue weighted by Gasteiger charge is -2.21. The molecule has 0 rings (SSSR count). The Bertz CT molecular complexity index is 173. The van der Waals surface area contributed by atoms with E-state index in [1.807, 2.05) is 0 Å². The molecule has 0 saturated heterocycles. The van der Waals surface area contributed by atoms with Crippen LogP contribution in [0.5, 0.6) is 0 Å². The van der Waals surface area contributed by atoms with Crippen LogP contribution in [0.15, 0.2) is 0 Å². The summed E-state index contributed by atoms with van der Waals surface area (Å²) in [5, 5.41) is 9.12. The van der Waals surface area contributed by atoms with E-state index in [4.69, 9.17) is 5.11 Å². The van der Waals surface area contributed by atoms with E-state index in [2.05, 4.69) is 18.7 Å². The summed E-state index contributed by atoms with van der Waals surface area (Å²) in [6, 6.07) is 0. The van der Waals surface area contributed by atoms with Gasteiger partial charge in [-0.25, -0.2) is 0 Å². The average molecular weight is 286 g/mol. The Hall–Kier alpha value is -0.0800. The molecular weight excluding hydrogens is 246 g/mol. The number of nitrogens with zero attached hydrogens (tertiary/aromatic N) is 1. The molecule has 0 aliphatic rings. The van der Waals surface area contributed by atoms with Crippen molar-refractivity contribution >= 4 is 0 Å². The minimum atomic E-state index is 0.310. The minimum absolute atomic E-state index is 0.310. The van der Waals surface area contributed by atoms with Crippen molar-refractivity contribution in [3.63, 3.8) is 0 Å². The van der Waals surface area contributed by atoms with Crippen LogP contribution in [0.4, 0.5) is 0 Å². The van der Waals surface area contributed by atoms with Crippen LogP contribution in [0.3, 0.4) is 0 Å². The lowest BCUT2D eigenvalue weighted by Crippen LogP contribution is -2.29. The third-order valence-corrected chi connectivity index (χ3v) is 4.07. The van der Waals surface area contributed by atoms with Crippen molar-refractivity contribution in [1.29, 1.82) is 0 Å². The van der Waals surface area contributed by atoms with Crippen LogP contribution in [0.2, 0.25) is 0 Å². The summed E-state index contributed by atoms with van der Waals surface area (Å²) < 4.78 is 0. The Morgan fingerprint density at radius 2 is 0.950 bits per heavy atom. The Balaban J connectivity index is 3.40. The second-order valence-electron chi connectivity index (χ2n) is 6.10. The maximum absolute atomic E-state index is 9.12. The molecule has 0 bridgehead atoms. The summed E-state index contributed by atoms with van der Waals surface area (Å²) in [6.07, 6.45) is 16.4. The molecule has 0 amide bonds. The highest BCUT2D eigenvalue weighted by Crippen LogP contribution is 2.09. The summed E-state index contributed by atoms with van der Waals surface area (Å²) >= 11 is 0. The van der Waals surface area contributed by atoms with Gasteiger partial charge in [-0.05, 0) is 25.9 Å². The fraction of sp³-hybridized carbons (Fsp3) is 1.00. The topological polar surface area (TPSA) is 23.5 Å². The third kappa shape index (κ3) is 14.3. The van der Waals surface area contributed by atoms with Gasteiger partial charge in [0.05, 0.1) is 6.61 Å². The van der Waals surface area contributed by atoms with Crippen LogP contribution in [-0.4, -0.2) is 36.2 Å². The van der Waals surface area contributed by atoms with Gasteiger partial charge in [0.1, 0.15) is 0 Å². The third-order valence-electron chi connectivity index (χ3n) is 4.07. The van der Waals surface area contributed by atoms with E-state index in [1.165, 1.54) is 90.1 Å². The Morgan fingerprint density at radius 1 is 0.550 bits per heavy atom. The number of rotatable bonds is 16. The van der Waals surface area contributed by atoms with Crippen molar-refractivity contribution in [3.8, 4) is 0 Å². The Morgan fingerprint density at radius 3 is 1.40 bits per heavy atom. The van der Waals surface area contributed by atoms with Gasteiger partial charge in [0.2, 0.25) is 0 Å². The van der Waals surface area contributed by atoms with E-state index in [9.17, 15) is 0 Å². The standard InChI is InChI=1S/C18H39NO/c1-3-5-7-9-10-11-12-14-16-19(17-18-20)15-13-8-6-4-2/h20H,3-18H2,1-2H3. The zero-order valence-electron chi connectivity index (χ0n) is 14.2. The fourth-order valence-electron chi connectivity index (χ4n) is 2.71. The molecule has 0 aliphatic heterocycles. The summed E-state index contributed by atoms with van der Waals surface area (Å²) in [4.78, 5) is 2.45. The molecule has 0 atom stereocenters. The van der Waals surface area contributed by atoms with Gasteiger partial charge in [-0.3, -0.25) is 0 Å². The van der Waals surface area contributed by atoms with Gasteiger partial charge in [-0.2, -0.15) is 0 Å². The molecular formula is C18H39NO. The normalized spacial score (nSPS) is 11.4. The number of hydrogen-bond acceptors (Lipinski definition) is 2. The summed E-state index contributed by atoms with van der Waals surface area (Å²) in [6.45, 7) is 8.06. The molecule has 2 heteroatoms. The molecule has 0 radical (unpaired) electrons. The Kier molecular flexibility index (Phi) is 16.9. The minimum Gasteiger partial charge on any atom is -0.395 e. The summed E-state index contributed by atoms with van der Waals surface area (Å²) in [5.74, 6) is 0. The van der Waals surface area contributed by atoms with E-state index in [1.54, 1.807) is 0 Å². The maximum atomic E-state index is 9.12. The first-order chi connectivity index (χ1) is 9.85. The van der Waals surface area contributed by atoms with Crippen LogP contribution in [-0.2, 0) is 0 Å². The predicted octanol–water partition coefficient (Wildman–Crippen LogP) is 5.00. The van der Waals surface area contributed by atoms with Gasteiger partial charge in [-0.15, -0.1) is 0 Å². The fourth-order valence-corrected chi connectivity index (χ4v) is 2.71. The molecule has 122 valence electrons. The first-order valence-electron chi connectivity index (χ1n) is 9.18. The molecule has 0 aliphatic carbocycles. The number of aliphatic hydroxyl groups excluding tert-OH is 1. The van der Waals surface area contributed by atoms with Crippen LogP contribution < -0.4 is 0 Å². The first kappa shape index (κ1) is 19.9. The highest BCUT2D eigenvalue weighted by atomic mass is 16.3. The largest absolute Gasteiger partial charge is 0.395 e. The zero-order valence-corrected chi connectivity index (χ0v) is 14.2. The van der Waals surface area contributed by atoms with Gasteiger partial charge in [0.15, 0.2) is 0 Å². The smallest absolute Gasteiger partial charge is 0.0558 e. The number of hydrogen-bond donors (Lipinski definition) is 1. The molecule has 0 unspecified atom stereocenters. The van der Waals surface area contributed by atoms with Crippen LogP contribution in [0.1, 0.15) is 90.9 Å². The second kappa shape index (κ2) is 17.0. The van der Waals surface area contributed by atoms with Crippen LogP contribution >= 0.6 is 0 Å². The SMILES string of the molecule is CCCCCCCCCCN(CCO)CCCCCC. The summed E-state index contributed by atoms with van der Waals surface area (Å²) in [5.41, 5.74) is 0. The van der Waals surface area contributed by atoms with Crippen molar-refractivity contribution in [3.05, 3.63) is 0 Å².